The summed E-state index contributed by atoms with van der Waals surface area (Å²) in [5, 5.41) is 6.05. The van der Waals surface area contributed by atoms with Gasteiger partial charge in [-0.05, 0) is 50.0 Å². The number of nitrogens with zero attached hydrogens (tertiary/aromatic N) is 3. The summed E-state index contributed by atoms with van der Waals surface area (Å²) in [6.45, 7) is 0. The van der Waals surface area contributed by atoms with Crippen LogP contribution in [0.2, 0.25) is 0 Å². The SMILES string of the molecule is Cn1nc2c(N)nc3c(c2c1CCC1CCCCC1)CCCC3. The van der Waals surface area contributed by atoms with E-state index in [-0.39, 0.29) is 0 Å². The molecule has 2 aromatic rings. The van der Waals surface area contributed by atoms with E-state index in [0.717, 1.165) is 30.7 Å². The number of nitrogen functional groups attached to an aromatic ring is 1. The molecule has 0 bridgehead atoms. The van der Waals surface area contributed by atoms with E-state index in [1.807, 2.05) is 0 Å². The fraction of sp³-hybridized carbons (Fsp3) is 0.684. The normalized spacial score (nSPS) is 19.2. The van der Waals surface area contributed by atoms with Crippen molar-refractivity contribution in [3.63, 3.8) is 0 Å². The van der Waals surface area contributed by atoms with Gasteiger partial charge < -0.3 is 5.73 Å². The Bertz CT molecular complexity index is 710. The van der Waals surface area contributed by atoms with Gasteiger partial charge in [-0.25, -0.2) is 4.98 Å². The zero-order valence-electron chi connectivity index (χ0n) is 14.3. The Morgan fingerprint density at radius 3 is 2.70 bits per heavy atom. The third-order valence-corrected chi connectivity index (χ3v) is 5.92. The summed E-state index contributed by atoms with van der Waals surface area (Å²) in [7, 11) is 2.07. The molecule has 2 heterocycles. The fourth-order valence-electron chi connectivity index (χ4n) is 4.64. The van der Waals surface area contributed by atoms with Crippen molar-refractivity contribution in [1.82, 2.24) is 14.8 Å². The Balaban J connectivity index is 1.70. The highest BCUT2D eigenvalue weighted by Gasteiger charge is 2.23. The summed E-state index contributed by atoms with van der Waals surface area (Å²) >= 11 is 0. The second-order valence-corrected chi connectivity index (χ2v) is 7.47. The molecule has 0 aliphatic heterocycles. The monoisotopic (exact) mass is 312 g/mol. The van der Waals surface area contributed by atoms with Crippen LogP contribution < -0.4 is 5.73 Å². The van der Waals surface area contributed by atoms with Crippen molar-refractivity contribution in [2.75, 3.05) is 5.73 Å². The minimum atomic E-state index is 0.625. The quantitative estimate of drug-likeness (QED) is 0.934. The molecule has 4 nitrogen and oxygen atoms in total. The predicted molar refractivity (Wildman–Crippen MR) is 94.5 cm³/mol. The average Bonchev–Trinajstić information content (AvgIpc) is 2.91. The number of pyridine rings is 1. The van der Waals surface area contributed by atoms with Crippen LogP contribution in [-0.4, -0.2) is 14.8 Å². The summed E-state index contributed by atoms with van der Waals surface area (Å²) in [6.07, 6.45) is 14.3. The first-order valence-electron chi connectivity index (χ1n) is 9.37. The van der Waals surface area contributed by atoms with Crippen LogP contribution in [0.3, 0.4) is 0 Å². The number of fused-ring (bicyclic) bond motifs is 3. The van der Waals surface area contributed by atoms with Crippen LogP contribution in [0.4, 0.5) is 5.82 Å². The number of anilines is 1. The molecule has 0 radical (unpaired) electrons. The minimum Gasteiger partial charge on any atom is -0.382 e. The zero-order chi connectivity index (χ0) is 15.8. The van der Waals surface area contributed by atoms with Crippen LogP contribution in [0.1, 0.15) is 68.3 Å². The molecule has 4 rings (SSSR count). The molecular weight excluding hydrogens is 284 g/mol. The maximum atomic E-state index is 6.21. The third-order valence-electron chi connectivity index (χ3n) is 5.92. The van der Waals surface area contributed by atoms with Gasteiger partial charge >= 0.3 is 0 Å². The van der Waals surface area contributed by atoms with Crippen molar-refractivity contribution in [2.24, 2.45) is 13.0 Å². The van der Waals surface area contributed by atoms with E-state index in [2.05, 4.69) is 16.7 Å². The van der Waals surface area contributed by atoms with E-state index < -0.39 is 0 Å². The number of hydrogen-bond acceptors (Lipinski definition) is 3. The van der Waals surface area contributed by atoms with Gasteiger partial charge in [-0.1, -0.05) is 32.1 Å². The molecule has 23 heavy (non-hydrogen) atoms. The standard InChI is InChI=1S/C19H28N4/c1-23-16(12-11-13-7-3-2-4-8-13)17-14-9-5-6-10-15(14)21-19(20)18(17)22-23/h13H,2-12H2,1H3,(H2,20,21). The van der Waals surface area contributed by atoms with Crippen LogP contribution in [0.5, 0.6) is 0 Å². The van der Waals surface area contributed by atoms with Crippen LogP contribution >= 0.6 is 0 Å². The topological polar surface area (TPSA) is 56.7 Å². The largest absolute Gasteiger partial charge is 0.382 e. The Kier molecular flexibility index (Phi) is 4.00. The number of hydrogen-bond donors (Lipinski definition) is 1. The molecular formula is C19H28N4. The molecule has 2 aliphatic carbocycles. The number of rotatable bonds is 3. The second kappa shape index (κ2) is 6.14. The molecule has 2 aromatic heterocycles. The first-order chi connectivity index (χ1) is 11.2. The molecule has 0 spiro atoms. The first kappa shape index (κ1) is 15.0. The van der Waals surface area contributed by atoms with E-state index in [9.17, 15) is 0 Å². The minimum absolute atomic E-state index is 0.625. The molecule has 4 heteroatoms. The molecule has 0 aromatic carbocycles. The van der Waals surface area contributed by atoms with Gasteiger partial charge in [0, 0.05) is 23.8 Å². The summed E-state index contributed by atoms with van der Waals surface area (Å²) < 4.78 is 2.07. The highest BCUT2D eigenvalue weighted by Crippen LogP contribution is 2.34. The molecule has 0 atom stereocenters. The predicted octanol–water partition coefficient (Wildman–Crippen LogP) is 3.94. The van der Waals surface area contributed by atoms with Gasteiger partial charge in [-0.3, -0.25) is 4.68 Å². The van der Waals surface area contributed by atoms with Crippen LogP contribution in [0.15, 0.2) is 0 Å². The summed E-state index contributed by atoms with van der Waals surface area (Å²) in [6, 6.07) is 0. The van der Waals surface area contributed by atoms with Gasteiger partial charge in [0.15, 0.2) is 5.82 Å². The van der Waals surface area contributed by atoms with E-state index in [0.29, 0.717) is 5.82 Å². The highest BCUT2D eigenvalue weighted by molar-refractivity contribution is 5.93. The fourth-order valence-corrected chi connectivity index (χ4v) is 4.64. The Labute approximate surface area is 138 Å². The lowest BCUT2D eigenvalue weighted by Gasteiger charge is -2.22. The van der Waals surface area contributed by atoms with E-state index in [1.165, 1.54) is 73.7 Å². The van der Waals surface area contributed by atoms with Crippen molar-refractivity contribution in [1.29, 1.82) is 0 Å². The maximum absolute atomic E-state index is 6.21. The Morgan fingerprint density at radius 1 is 1.09 bits per heavy atom. The molecule has 1 fully saturated rings. The molecule has 1 saturated carbocycles. The Morgan fingerprint density at radius 2 is 1.87 bits per heavy atom. The number of nitrogens with two attached hydrogens (primary N) is 1. The zero-order valence-corrected chi connectivity index (χ0v) is 14.3. The number of aromatic nitrogens is 3. The molecule has 0 unspecified atom stereocenters. The van der Waals surface area contributed by atoms with Gasteiger partial charge in [0.1, 0.15) is 5.52 Å². The van der Waals surface area contributed by atoms with Gasteiger partial charge in [-0.2, -0.15) is 5.10 Å². The summed E-state index contributed by atoms with van der Waals surface area (Å²) in [5.74, 6) is 1.53. The summed E-state index contributed by atoms with van der Waals surface area (Å²) in [5.41, 5.74) is 11.2. The van der Waals surface area contributed by atoms with E-state index >= 15 is 0 Å². The van der Waals surface area contributed by atoms with Gasteiger partial charge in [0.05, 0.1) is 0 Å². The highest BCUT2D eigenvalue weighted by atomic mass is 15.3. The molecule has 124 valence electrons. The van der Waals surface area contributed by atoms with Crippen molar-refractivity contribution >= 4 is 16.7 Å². The van der Waals surface area contributed by atoms with Gasteiger partial charge in [0.2, 0.25) is 0 Å². The maximum Gasteiger partial charge on any atom is 0.152 e. The van der Waals surface area contributed by atoms with Crippen molar-refractivity contribution in [3.8, 4) is 0 Å². The lowest BCUT2D eigenvalue weighted by molar-refractivity contribution is 0.337. The van der Waals surface area contributed by atoms with Gasteiger partial charge in [0.25, 0.3) is 0 Å². The first-order valence-corrected chi connectivity index (χ1v) is 9.37. The molecule has 0 amide bonds. The summed E-state index contributed by atoms with van der Waals surface area (Å²) in [4.78, 5) is 4.65. The van der Waals surface area contributed by atoms with Gasteiger partial charge in [-0.15, -0.1) is 0 Å². The second-order valence-electron chi connectivity index (χ2n) is 7.47. The molecule has 0 saturated heterocycles. The third kappa shape index (κ3) is 2.73. The smallest absolute Gasteiger partial charge is 0.152 e. The van der Waals surface area contributed by atoms with E-state index in [1.54, 1.807) is 0 Å². The van der Waals surface area contributed by atoms with Crippen LogP contribution in [0, 0.1) is 5.92 Å². The van der Waals surface area contributed by atoms with E-state index in [4.69, 9.17) is 10.8 Å². The number of aryl methyl sites for hydroxylation is 4. The molecule has 2 aliphatic rings. The van der Waals surface area contributed by atoms with Crippen molar-refractivity contribution < 1.29 is 0 Å². The van der Waals surface area contributed by atoms with Crippen LogP contribution in [-0.2, 0) is 26.3 Å². The van der Waals surface area contributed by atoms with Crippen molar-refractivity contribution in [3.05, 3.63) is 17.0 Å². The lowest BCUT2D eigenvalue weighted by atomic mass is 9.85. The Hall–Kier alpha value is -1.58. The lowest BCUT2D eigenvalue weighted by Crippen LogP contribution is -2.10. The van der Waals surface area contributed by atoms with Crippen LogP contribution in [0.25, 0.3) is 10.9 Å². The van der Waals surface area contributed by atoms with Crippen molar-refractivity contribution in [2.45, 2.75) is 70.6 Å². The molecule has 2 N–H and O–H groups in total. The average molecular weight is 312 g/mol.